The van der Waals surface area contributed by atoms with Crippen molar-refractivity contribution in [3.63, 3.8) is 0 Å². The van der Waals surface area contributed by atoms with Crippen molar-refractivity contribution in [2.75, 3.05) is 44.7 Å². The number of piperazine rings is 1. The minimum atomic E-state index is 0.333. The third-order valence-electron chi connectivity index (χ3n) is 7.58. The Labute approximate surface area is 151 Å². The van der Waals surface area contributed by atoms with Crippen molar-refractivity contribution in [3.8, 4) is 5.75 Å². The maximum Gasteiger partial charge on any atom is 0.139 e. The summed E-state index contributed by atoms with van der Waals surface area (Å²) in [6, 6.07) is 5.15. The fourth-order valence-electron chi connectivity index (χ4n) is 6.26. The molecule has 5 rings (SSSR count). The first kappa shape index (κ1) is 16.0. The number of likely N-dealkylation sites (N-methyl/N-ethyl adjacent to an activating group) is 1. The normalized spacial score (nSPS) is 35.2. The molecule has 1 saturated carbocycles. The number of nitrogens with one attached hydrogen (secondary N) is 1. The van der Waals surface area contributed by atoms with E-state index in [-0.39, 0.29) is 0 Å². The largest absolute Gasteiger partial charge is 0.506 e. The van der Waals surface area contributed by atoms with Gasteiger partial charge in [-0.3, -0.25) is 0 Å². The van der Waals surface area contributed by atoms with Crippen LogP contribution >= 0.6 is 0 Å². The van der Waals surface area contributed by atoms with Gasteiger partial charge >= 0.3 is 0 Å². The predicted octanol–water partition coefficient (Wildman–Crippen LogP) is 2.49. The molecule has 2 heterocycles. The van der Waals surface area contributed by atoms with Gasteiger partial charge in [0.2, 0.25) is 0 Å². The molecular weight excluding hydrogens is 310 g/mol. The van der Waals surface area contributed by atoms with Crippen LogP contribution in [0.2, 0.25) is 0 Å². The molecule has 4 heteroatoms. The highest BCUT2D eigenvalue weighted by molar-refractivity contribution is 5.64. The van der Waals surface area contributed by atoms with Gasteiger partial charge in [0.25, 0.3) is 0 Å². The van der Waals surface area contributed by atoms with E-state index in [0.29, 0.717) is 17.2 Å². The lowest BCUT2D eigenvalue weighted by atomic mass is 9.53. The lowest BCUT2D eigenvalue weighted by molar-refractivity contribution is 0.0795. The van der Waals surface area contributed by atoms with Gasteiger partial charge in [0.1, 0.15) is 5.75 Å². The maximum atomic E-state index is 10.9. The molecule has 1 aromatic carbocycles. The van der Waals surface area contributed by atoms with Crippen LogP contribution in [0, 0.1) is 5.92 Å². The summed E-state index contributed by atoms with van der Waals surface area (Å²) in [7, 11) is 2.18. The fourth-order valence-corrected chi connectivity index (χ4v) is 6.26. The van der Waals surface area contributed by atoms with Crippen LogP contribution in [0.25, 0.3) is 0 Å². The molecule has 0 unspecified atom stereocenters. The van der Waals surface area contributed by atoms with Crippen LogP contribution < -0.4 is 10.2 Å². The van der Waals surface area contributed by atoms with Crippen LogP contribution in [-0.2, 0) is 11.8 Å². The Bertz CT molecular complexity index is 663. The van der Waals surface area contributed by atoms with Gasteiger partial charge in [0.15, 0.2) is 0 Å². The Hall–Kier alpha value is -1.26. The standard InChI is InChI=1S/C21H31N3O/c1-23-8-10-24(11-9-23)19-13-15-12-18-16-4-2-3-5-21(16,6-7-22-18)17(15)14-20(19)25/h13-14,16,18,22,25H,2-12H2,1H3/t16-,18+,21+/m1/s1. The molecule has 2 saturated heterocycles. The van der Waals surface area contributed by atoms with E-state index in [4.69, 9.17) is 0 Å². The predicted molar refractivity (Wildman–Crippen MR) is 102 cm³/mol. The lowest BCUT2D eigenvalue weighted by Gasteiger charge is -2.56. The van der Waals surface area contributed by atoms with Gasteiger partial charge in [-0.05, 0) is 68.5 Å². The molecule has 2 N–H and O–H groups in total. The van der Waals surface area contributed by atoms with Crippen molar-refractivity contribution >= 4 is 5.69 Å². The number of piperidine rings is 1. The summed E-state index contributed by atoms with van der Waals surface area (Å²) < 4.78 is 0. The molecule has 3 fully saturated rings. The summed E-state index contributed by atoms with van der Waals surface area (Å²) >= 11 is 0. The number of rotatable bonds is 1. The molecule has 0 amide bonds. The maximum absolute atomic E-state index is 10.9. The van der Waals surface area contributed by atoms with Crippen molar-refractivity contribution in [1.82, 2.24) is 10.2 Å². The van der Waals surface area contributed by atoms with E-state index in [9.17, 15) is 5.11 Å². The van der Waals surface area contributed by atoms with Gasteiger partial charge in [0.05, 0.1) is 5.69 Å². The molecule has 0 spiro atoms. The Balaban J connectivity index is 1.55. The highest BCUT2D eigenvalue weighted by Crippen LogP contribution is 2.55. The number of phenols is 1. The minimum Gasteiger partial charge on any atom is -0.506 e. The molecule has 4 aliphatic rings. The topological polar surface area (TPSA) is 38.7 Å². The molecule has 136 valence electrons. The van der Waals surface area contributed by atoms with Crippen molar-refractivity contribution in [3.05, 3.63) is 23.3 Å². The zero-order valence-corrected chi connectivity index (χ0v) is 15.4. The van der Waals surface area contributed by atoms with Crippen molar-refractivity contribution in [2.24, 2.45) is 5.92 Å². The van der Waals surface area contributed by atoms with Gasteiger partial charge < -0.3 is 20.2 Å². The second kappa shape index (κ2) is 5.88. The first-order chi connectivity index (χ1) is 12.2. The molecule has 4 nitrogen and oxygen atoms in total. The number of nitrogens with zero attached hydrogens (tertiary/aromatic N) is 2. The van der Waals surface area contributed by atoms with Gasteiger partial charge in [0, 0.05) is 37.6 Å². The smallest absolute Gasteiger partial charge is 0.139 e. The van der Waals surface area contributed by atoms with Gasteiger partial charge in [-0.15, -0.1) is 0 Å². The average Bonchev–Trinajstić information content (AvgIpc) is 2.63. The molecule has 2 aliphatic carbocycles. The van der Waals surface area contributed by atoms with Gasteiger partial charge in [-0.25, -0.2) is 0 Å². The second-order valence-electron chi connectivity index (χ2n) is 8.81. The van der Waals surface area contributed by atoms with E-state index >= 15 is 0 Å². The van der Waals surface area contributed by atoms with Crippen LogP contribution in [0.15, 0.2) is 12.1 Å². The molecule has 3 atom stereocenters. The van der Waals surface area contributed by atoms with Crippen molar-refractivity contribution in [1.29, 1.82) is 0 Å². The number of anilines is 1. The summed E-state index contributed by atoms with van der Waals surface area (Å²) in [5, 5.41) is 14.7. The van der Waals surface area contributed by atoms with E-state index in [1.807, 2.05) is 0 Å². The summed E-state index contributed by atoms with van der Waals surface area (Å²) in [5.74, 6) is 1.29. The lowest BCUT2D eigenvalue weighted by Crippen LogP contribution is -2.59. The van der Waals surface area contributed by atoms with Crippen molar-refractivity contribution < 1.29 is 5.11 Å². The summed E-state index contributed by atoms with van der Waals surface area (Å²) in [6.07, 6.45) is 7.79. The van der Waals surface area contributed by atoms with Gasteiger partial charge in [-0.2, -0.15) is 0 Å². The molecule has 2 bridgehead atoms. The summed E-state index contributed by atoms with van der Waals surface area (Å²) in [5.41, 5.74) is 4.39. The second-order valence-corrected chi connectivity index (χ2v) is 8.81. The molecule has 0 aromatic heterocycles. The SMILES string of the molecule is CN1CCN(c2cc3c(cc2O)[C@]24CCCC[C@@H]2[C@H](C3)NCC4)CC1. The van der Waals surface area contributed by atoms with E-state index < -0.39 is 0 Å². The number of aromatic hydroxyl groups is 1. The highest BCUT2D eigenvalue weighted by Gasteiger charge is 2.51. The number of phenolic OH excluding ortho intramolecular Hbond substituents is 1. The Morgan fingerprint density at radius 2 is 1.96 bits per heavy atom. The minimum absolute atomic E-state index is 0.333. The van der Waals surface area contributed by atoms with Crippen molar-refractivity contribution in [2.45, 2.75) is 50.0 Å². The molecular formula is C21H31N3O. The first-order valence-electron chi connectivity index (χ1n) is 10.2. The average molecular weight is 341 g/mol. The summed E-state index contributed by atoms with van der Waals surface area (Å²) in [4.78, 5) is 4.75. The fraction of sp³-hybridized carbons (Fsp3) is 0.714. The molecule has 25 heavy (non-hydrogen) atoms. The van der Waals surface area contributed by atoms with Crippen LogP contribution in [0.1, 0.15) is 43.2 Å². The zero-order chi connectivity index (χ0) is 17.0. The van der Waals surface area contributed by atoms with Crippen LogP contribution in [0.5, 0.6) is 5.75 Å². The van der Waals surface area contributed by atoms with E-state index in [1.165, 1.54) is 43.2 Å². The highest BCUT2D eigenvalue weighted by atomic mass is 16.3. The third kappa shape index (κ3) is 2.41. The number of benzene rings is 1. The molecule has 2 aliphatic heterocycles. The summed E-state index contributed by atoms with van der Waals surface area (Å²) in [6.45, 7) is 5.32. The number of hydrogen-bond acceptors (Lipinski definition) is 4. The van der Waals surface area contributed by atoms with Crippen LogP contribution in [0.3, 0.4) is 0 Å². The zero-order valence-electron chi connectivity index (χ0n) is 15.4. The van der Waals surface area contributed by atoms with E-state index in [0.717, 1.165) is 50.7 Å². The van der Waals surface area contributed by atoms with Gasteiger partial charge in [-0.1, -0.05) is 12.8 Å². The molecule has 1 aromatic rings. The Morgan fingerprint density at radius 3 is 2.80 bits per heavy atom. The van der Waals surface area contributed by atoms with E-state index in [2.05, 4.69) is 34.3 Å². The monoisotopic (exact) mass is 341 g/mol. The number of fused-ring (bicyclic) bond motifs is 1. The van der Waals surface area contributed by atoms with Crippen LogP contribution in [-0.4, -0.2) is 55.8 Å². The Morgan fingerprint density at radius 1 is 1.12 bits per heavy atom. The first-order valence-corrected chi connectivity index (χ1v) is 10.2. The number of hydrogen-bond donors (Lipinski definition) is 2. The van der Waals surface area contributed by atoms with Crippen LogP contribution in [0.4, 0.5) is 5.69 Å². The van der Waals surface area contributed by atoms with E-state index in [1.54, 1.807) is 0 Å². The quantitative estimate of drug-likeness (QED) is 0.823. The molecule has 0 radical (unpaired) electrons. The Kier molecular flexibility index (Phi) is 3.75. The third-order valence-corrected chi connectivity index (χ3v) is 7.58.